The Balaban J connectivity index is 1.58. The number of amides is 1. The first-order valence-electron chi connectivity index (χ1n) is 7.96. The summed E-state index contributed by atoms with van der Waals surface area (Å²) in [5.74, 6) is 0.856. The molecule has 0 spiro atoms. The van der Waals surface area contributed by atoms with Crippen molar-refractivity contribution in [2.75, 3.05) is 52.4 Å². The molecule has 0 aromatic rings. The molecule has 2 aliphatic rings. The fourth-order valence-electron chi connectivity index (χ4n) is 2.94. The van der Waals surface area contributed by atoms with E-state index in [1.165, 1.54) is 6.54 Å². The molecule has 2 heterocycles. The second-order valence-corrected chi connectivity index (χ2v) is 6.41. The summed E-state index contributed by atoms with van der Waals surface area (Å²) in [7, 11) is 0. The molecule has 1 N–H and O–H groups in total. The lowest BCUT2D eigenvalue weighted by atomic mass is 10.2. The highest BCUT2D eigenvalue weighted by Gasteiger charge is 2.20. The molecular weight excluding hydrogens is 254 g/mol. The molecule has 2 rings (SSSR count). The number of carbonyl (C=O) groups excluding carboxylic acids is 1. The van der Waals surface area contributed by atoms with Crippen LogP contribution in [0.4, 0.5) is 0 Å². The van der Waals surface area contributed by atoms with E-state index >= 15 is 0 Å². The zero-order valence-electron chi connectivity index (χ0n) is 12.9. The fraction of sp³-hybridized carbons (Fsp3) is 0.933. The van der Waals surface area contributed by atoms with Crippen LogP contribution in [0.5, 0.6) is 0 Å². The lowest BCUT2D eigenvalue weighted by Crippen LogP contribution is -2.50. The van der Waals surface area contributed by atoms with Gasteiger partial charge >= 0.3 is 0 Å². The smallest absolute Gasteiger partial charge is 0.234 e. The van der Waals surface area contributed by atoms with Gasteiger partial charge in [0.1, 0.15) is 0 Å². The largest absolute Gasteiger partial charge is 0.376 e. The van der Waals surface area contributed by atoms with E-state index in [1.807, 2.05) is 0 Å². The number of hydrogen-bond donors (Lipinski definition) is 1. The van der Waals surface area contributed by atoms with Gasteiger partial charge in [-0.05, 0) is 18.8 Å². The topological polar surface area (TPSA) is 44.8 Å². The predicted molar refractivity (Wildman–Crippen MR) is 79.7 cm³/mol. The number of carbonyl (C=O) groups is 1. The SMILES string of the molecule is CC(C)CN1CCN(CC(=O)NCC2CCCO2)CC1. The van der Waals surface area contributed by atoms with E-state index < -0.39 is 0 Å². The summed E-state index contributed by atoms with van der Waals surface area (Å²) in [6.45, 7) is 11.9. The van der Waals surface area contributed by atoms with Crippen LogP contribution in [0.3, 0.4) is 0 Å². The molecule has 2 aliphatic heterocycles. The summed E-state index contributed by atoms with van der Waals surface area (Å²) >= 11 is 0. The molecule has 0 bridgehead atoms. The van der Waals surface area contributed by atoms with Gasteiger partial charge in [-0.2, -0.15) is 0 Å². The monoisotopic (exact) mass is 283 g/mol. The number of hydrogen-bond acceptors (Lipinski definition) is 4. The van der Waals surface area contributed by atoms with E-state index in [4.69, 9.17) is 4.74 Å². The molecule has 2 fully saturated rings. The molecule has 1 unspecified atom stereocenters. The highest BCUT2D eigenvalue weighted by Crippen LogP contribution is 2.10. The molecule has 2 saturated heterocycles. The van der Waals surface area contributed by atoms with Gasteiger partial charge < -0.3 is 15.0 Å². The predicted octanol–water partition coefficient (Wildman–Crippen LogP) is 0.555. The van der Waals surface area contributed by atoms with Gasteiger partial charge in [0.15, 0.2) is 0 Å². The van der Waals surface area contributed by atoms with Crippen LogP contribution in [0.1, 0.15) is 26.7 Å². The van der Waals surface area contributed by atoms with Gasteiger partial charge in [-0.1, -0.05) is 13.8 Å². The van der Waals surface area contributed by atoms with Crippen molar-refractivity contribution < 1.29 is 9.53 Å². The lowest BCUT2D eigenvalue weighted by molar-refractivity contribution is -0.123. The van der Waals surface area contributed by atoms with Crippen molar-refractivity contribution in [2.45, 2.75) is 32.8 Å². The molecule has 0 aliphatic carbocycles. The molecule has 0 radical (unpaired) electrons. The van der Waals surface area contributed by atoms with Crippen LogP contribution in [-0.2, 0) is 9.53 Å². The molecular formula is C15H29N3O2. The van der Waals surface area contributed by atoms with Crippen LogP contribution in [-0.4, -0.2) is 74.2 Å². The van der Waals surface area contributed by atoms with E-state index in [0.717, 1.165) is 51.5 Å². The van der Waals surface area contributed by atoms with Gasteiger partial charge in [-0.25, -0.2) is 0 Å². The molecule has 0 aromatic carbocycles. The number of nitrogens with zero attached hydrogens (tertiary/aromatic N) is 2. The molecule has 0 saturated carbocycles. The normalized spacial score (nSPS) is 25.2. The maximum Gasteiger partial charge on any atom is 0.234 e. The van der Waals surface area contributed by atoms with Crippen molar-refractivity contribution in [1.82, 2.24) is 15.1 Å². The van der Waals surface area contributed by atoms with Crippen molar-refractivity contribution in [3.8, 4) is 0 Å². The third-order valence-corrected chi connectivity index (χ3v) is 4.01. The minimum Gasteiger partial charge on any atom is -0.376 e. The first-order valence-corrected chi connectivity index (χ1v) is 7.96. The first-order chi connectivity index (χ1) is 9.63. The van der Waals surface area contributed by atoms with E-state index in [9.17, 15) is 4.79 Å². The average Bonchev–Trinajstić information content (AvgIpc) is 2.91. The van der Waals surface area contributed by atoms with E-state index in [1.54, 1.807) is 0 Å². The minimum absolute atomic E-state index is 0.137. The van der Waals surface area contributed by atoms with Crippen LogP contribution < -0.4 is 5.32 Å². The Labute approximate surface area is 122 Å². The Bertz CT molecular complexity index is 295. The Morgan fingerprint density at radius 1 is 1.25 bits per heavy atom. The third-order valence-electron chi connectivity index (χ3n) is 4.01. The van der Waals surface area contributed by atoms with Crippen molar-refractivity contribution in [3.63, 3.8) is 0 Å². The van der Waals surface area contributed by atoms with E-state index in [-0.39, 0.29) is 12.0 Å². The van der Waals surface area contributed by atoms with Crippen LogP contribution in [0.25, 0.3) is 0 Å². The van der Waals surface area contributed by atoms with Crippen LogP contribution in [0.2, 0.25) is 0 Å². The maximum absolute atomic E-state index is 11.9. The van der Waals surface area contributed by atoms with E-state index in [2.05, 4.69) is 29.0 Å². The van der Waals surface area contributed by atoms with Crippen molar-refractivity contribution in [2.24, 2.45) is 5.92 Å². The fourth-order valence-corrected chi connectivity index (χ4v) is 2.94. The molecule has 1 amide bonds. The molecule has 116 valence electrons. The summed E-state index contributed by atoms with van der Waals surface area (Å²) in [4.78, 5) is 16.6. The summed E-state index contributed by atoms with van der Waals surface area (Å²) < 4.78 is 5.51. The summed E-state index contributed by atoms with van der Waals surface area (Å²) in [5.41, 5.74) is 0. The second-order valence-electron chi connectivity index (χ2n) is 6.41. The maximum atomic E-state index is 11.9. The number of nitrogens with one attached hydrogen (secondary N) is 1. The summed E-state index contributed by atoms with van der Waals surface area (Å²) in [6.07, 6.45) is 2.44. The van der Waals surface area contributed by atoms with Crippen molar-refractivity contribution in [1.29, 1.82) is 0 Å². The second kappa shape index (κ2) is 7.96. The van der Waals surface area contributed by atoms with Crippen molar-refractivity contribution in [3.05, 3.63) is 0 Å². The zero-order chi connectivity index (χ0) is 14.4. The molecule has 1 atom stereocenters. The minimum atomic E-state index is 0.137. The Morgan fingerprint density at radius 2 is 1.95 bits per heavy atom. The molecule has 5 heteroatoms. The quantitative estimate of drug-likeness (QED) is 0.773. The Morgan fingerprint density at radius 3 is 2.55 bits per heavy atom. The van der Waals surface area contributed by atoms with Crippen LogP contribution in [0, 0.1) is 5.92 Å². The first kappa shape index (κ1) is 15.7. The highest BCUT2D eigenvalue weighted by molar-refractivity contribution is 5.78. The van der Waals surface area contributed by atoms with Crippen LogP contribution >= 0.6 is 0 Å². The van der Waals surface area contributed by atoms with Gasteiger partial charge in [-0.3, -0.25) is 9.69 Å². The summed E-state index contributed by atoms with van der Waals surface area (Å²) in [5, 5.41) is 3.00. The number of piperazine rings is 1. The lowest BCUT2D eigenvalue weighted by Gasteiger charge is -2.35. The summed E-state index contributed by atoms with van der Waals surface area (Å²) in [6, 6.07) is 0. The van der Waals surface area contributed by atoms with Gasteiger partial charge in [0.2, 0.25) is 5.91 Å². The average molecular weight is 283 g/mol. The van der Waals surface area contributed by atoms with Gasteiger partial charge in [0.25, 0.3) is 0 Å². The third kappa shape index (κ3) is 5.38. The van der Waals surface area contributed by atoms with E-state index in [0.29, 0.717) is 13.1 Å². The Kier molecular flexibility index (Phi) is 6.26. The van der Waals surface area contributed by atoms with Gasteiger partial charge in [0.05, 0.1) is 12.6 Å². The van der Waals surface area contributed by atoms with Crippen molar-refractivity contribution >= 4 is 5.91 Å². The van der Waals surface area contributed by atoms with Gasteiger partial charge in [0, 0.05) is 45.9 Å². The molecule has 5 nitrogen and oxygen atoms in total. The molecule has 0 aromatic heterocycles. The molecule has 20 heavy (non-hydrogen) atoms. The highest BCUT2D eigenvalue weighted by atomic mass is 16.5. The zero-order valence-corrected chi connectivity index (χ0v) is 12.9. The number of ether oxygens (including phenoxy) is 1. The Hall–Kier alpha value is -0.650. The number of rotatable bonds is 6. The van der Waals surface area contributed by atoms with Gasteiger partial charge in [-0.15, -0.1) is 0 Å². The standard InChI is InChI=1S/C15H29N3O2/c1-13(2)11-17-5-7-18(8-6-17)12-15(19)16-10-14-4-3-9-20-14/h13-14H,3-12H2,1-2H3,(H,16,19). The van der Waals surface area contributed by atoms with Crippen LogP contribution in [0.15, 0.2) is 0 Å².